The molecule has 1 aliphatic heterocycles. The Hall–Kier alpha value is -3.56. The van der Waals surface area contributed by atoms with Crippen LogP contribution in [0.2, 0.25) is 0 Å². The van der Waals surface area contributed by atoms with Crippen molar-refractivity contribution in [1.29, 1.82) is 0 Å². The first-order chi connectivity index (χ1) is 18.0. The van der Waals surface area contributed by atoms with Crippen molar-refractivity contribution in [2.24, 2.45) is 0 Å². The molecule has 0 saturated carbocycles. The number of methoxy groups -OCH3 is 1. The van der Waals surface area contributed by atoms with Gasteiger partial charge in [-0.2, -0.15) is 0 Å². The highest BCUT2D eigenvalue weighted by molar-refractivity contribution is 5.79. The van der Waals surface area contributed by atoms with E-state index in [1.165, 1.54) is 0 Å². The Balaban J connectivity index is 1.50. The Labute approximate surface area is 216 Å². The van der Waals surface area contributed by atoms with E-state index in [0.29, 0.717) is 25.2 Å². The van der Waals surface area contributed by atoms with E-state index in [4.69, 9.17) is 9.47 Å². The van der Waals surface area contributed by atoms with Crippen molar-refractivity contribution in [3.63, 3.8) is 0 Å². The van der Waals surface area contributed by atoms with Crippen LogP contribution in [0.1, 0.15) is 54.7 Å². The number of benzene rings is 2. The van der Waals surface area contributed by atoms with Gasteiger partial charge in [0, 0.05) is 30.8 Å². The summed E-state index contributed by atoms with van der Waals surface area (Å²) in [5, 5.41) is 13.8. The number of pyridine rings is 1. The van der Waals surface area contributed by atoms with Crippen molar-refractivity contribution in [2.75, 3.05) is 13.7 Å². The maximum Gasteiger partial charge on any atom is 0.252 e. The monoisotopic (exact) mass is 502 g/mol. The second kappa shape index (κ2) is 11.2. The van der Waals surface area contributed by atoms with Gasteiger partial charge in [0.2, 0.25) is 0 Å². The van der Waals surface area contributed by atoms with Gasteiger partial charge < -0.3 is 14.5 Å². The molecule has 0 unspecified atom stereocenters. The van der Waals surface area contributed by atoms with Crippen LogP contribution in [0.3, 0.4) is 0 Å². The Morgan fingerprint density at radius 2 is 2.03 bits per heavy atom. The van der Waals surface area contributed by atoms with Crippen LogP contribution >= 0.6 is 0 Å². The van der Waals surface area contributed by atoms with Crippen molar-refractivity contribution in [2.45, 2.75) is 64.9 Å². The Kier molecular flexibility index (Phi) is 7.62. The van der Waals surface area contributed by atoms with E-state index < -0.39 is 0 Å². The number of ether oxygens (including phenoxy) is 2. The van der Waals surface area contributed by atoms with Crippen molar-refractivity contribution >= 4 is 10.9 Å². The third-order valence-electron chi connectivity index (χ3n) is 7.08. The first kappa shape index (κ1) is 25.1. The Morgan fingerprint density at radius 1 is 1.19 bits per heavy atom. The number of hydrogen-bond donors (Lipinski definition) is 1. The molecule has 5 rings (SSSR count). The molecule has 0 aliphatic carbocycles. The lowest BCUT2D eigenvalue weighted by atomic mass is 10.1. The molecule has 37 heavy (non-hydrogen) atoms. The van der Waals surface area contributed by atoms with Gasteiger partial charge in [-0.05, 0) is 77.9 Å². The van der Waals surface area contributed by atoms with Crippen molar-refractivity contribution < 1.29 is 9.47 Å². The van der Waals surface area contributed by atoms with E-state index in [9.17, 15) is 4.79 Å². The number of aromatic amines is 1. The van der Waals surface area contributed by atoms with Crippen molar-refractivity contribution in [1.82, 2.24) is 30.1 Å². The molecule has 0 bridgehead atoms. The Morgan fingerprint density at radius 3 is 2.76 bits per heavy atom. The number of aryl methyl sites for hydroxylation is 1. The van der Waals surface area contributed by atoms with Crippen LogP contribution in [0, 0.1) is 6.92 Å². The van der Waals surface area contributed by atoms with Gasteiger partial charge in [-0.25, -0.2) is 4.68 Å². The van der Waals surface area contributed by atoms with Crippen LogP contribution in [0.5, 0.6) is 5.75 Å². The van der Waals surface area contributed by atoms with E-state index >= 15 is 0 Å². The standard InChI is InChI=1S/C28H34N6O3/c1-4-26(27-30-31-32-34(27)18-24-6-5-13-37-24)33(16-20-8-10-23(36-3)11-9-20)17-22-15-21-14-19(2)7-12-25(21)29-28(22)35/h7-12,14-15,24,26H,4-6,13,16-18H2,1-3H3,(H,29,35)/t24-,26+/m0/s1. The van der Waals surface area contributed by atoms with Gasteiger partial charge in [0.25, 0.3) is 5.56 Å². The average molecular weight is 503 g/mol. The second-order valence-corrected chi connectivity index (χ2v) is 9.75. The summed E-state index contributed by atoms with van der Waals surface area (Å²) in [6.45, 7) is 6.68. The summed E-state index contributed by atoms with van der Waals surface area (Å²) in [5.74, 6) is 1.60. The average Bonchev–Trinajstić information content (AvgIpc) is 3.58. The third kappa shape index (κ3) is 5.73. The molecule has 1 fully saturated rings. The Bertz CT molecular complexity index is 1390. The predicted molar refractivity (Wildman–Crippen MR) is 141 cm³/mol. The summed E-state index contributed by atoms with van der Waals surface area (Å²) >= 11 is 0. The van der Waals surface area contributed by atoms with Crippen LogP contribution in [-0.2, 0) is 24.4 Å². The number of rotatable bonds is 10. The number of aromatic nitrogens is 5. The lowest BCUT2D eigenvalue weighted by Crippen LogP contribution is -2.33. The molecule has 0 amide bonds. The van der Waals surface area contributed by atoms with Gasteiger partial charge in [-0.3, -0.25) is 9.69 Å². The molecule has 0 radical (unpaired) electrons. The fourth-order valence-electron chi connectivity index (χ4n) is 5.11. The van der Waals surface area contributed by atoms with Gasteiger partial charge in [-0.15, -0.1) is 5.10 Å². The minimum atomic E-state index is -0.0916. The topological polar surface area (TPSA) is 98.2 Å². The summed E-state index contributed by atoms with van der Waals surface area (Å²) < 4.78 is 13.1. The summed E-state index contributed by atoms with van der Waals surface area (Å²) in [5.41, 5.74) is 3.74. The normalized spacial score (nSPS) is 16.5. The number of hydrogen-bond acceptors (Lipinski definition) is 7. The first-order valence-electron chi connectivity index (χ1n) is 12.9. The summed E-state index contributed by atoms with van der Waals surface area (Å²) in [4.78, 5) is 18.5. The van der Waals surface area contributed by atoms with Crippen molar-refractivity contribution in [3.8, 4) is 5.75 Å². The lowest BCUT2D eigenvalue weighted by Gasteiger charge is -2.30. The molecule has 4 aromatic rings. The maximum absolute atomic E-state index is 13.1. The predicted octanol–water partition coefficient (Wildman–Crippen LogP) is 4.16. The first-order valence-corrected chi connectivity index (χ1v) is 12.9. The SMILES string of the molecule is CC[C@H](c1nnnn1C[C@@H]1CCCO1)N(Cc1ccc(OC)cc1)Cc1cc2cc(C)ccc2[nH]c1=O. The summed E-state index contributed by atoms with van der Waals surface area (Å²) in [6.07, 6.45) is 2.98. The fraction of sp³-hybridized carbons (Fsp3) is 0.429. The molecular formula is C28H34N6O3. The smallest absolute Gasteiger partial charge is 0.252 e. The van der Waals surface area contributed by atoms with E-state index in [1.54, 1.807) is 7.11 Å². The van der Waals surface area contributed by atoms with Gasteiger partial charge in [0.05, 0.1) is 25.8 Å². The van der Waals surface area contributed by atoms with E-state index in [2.05, 4.69) is 57.5 Å². The number of fused-ring (bicyclic) bond motifs is 1. The number of H-pyrrole nitrogens is 1. The molecule has 9 nitrogen and oxygen atoms in total. The van der Waals surface area contributed by atoms with Crippen LogP contribution in [0.15, 0.2) is 53.3 Å². The van der Waals surface area contributed by atoms with Gasteiger partial charge in [0.15, 0.2) is 5.82 Å². The molecule has 1 aliphatic rings. The molecule has 2 aromatic carbocycles. The molecular weight excluding hydrogens is 468 g/mol. The molecule has 3 heterocycles. The molecule has 1 saturated heterocycles. The lowest BCUT2D eigenvalue weighted by molar-refractivity contribution is 0.0888. The molecule has 2 aromatic heterocycles. The van der Waals surface area contributed by atoms with Crippen LogP contribution in [0.4, 0.5) is 0 Å². The zero-order valence-electron chi connectivity index (χ0n) is 21.7. The van der Waals surface area contributed by atoms with Crippen molar-refractivity contribution in [3.05, 3.63) is 81.4 Å². The molecule has 9 heteroatoms. The largest absolute Gasteiger partial charge is 0.497 e. The molecule has 2 atom stereocenters. The highest BCUT2D eigenvalue weighted by Gasteiger charge is 2.28. The molecule has 194 valence electrons. The zero-order chi connectivity index (χ0) is 25.8. The van der Waals surface area contributed by atoms with E-state index in [1.807, 2.05) is 35.0 Å². The van der Waals surface area contributed by atoms with Gasteiger partial charge in [-0.1, -0.05) is 30.7 Å². The fourth-order valence-corrected chi connectivity index (χ4v) is 5.11. The number of tetrazole rings is 1. The third-order valence-corrected chi connectivity index (χ3v) is 7.08. The minimum Gasteiger partial charge on any atom is -0.497 e. The van der Waals surface area contributed by atoms with Gasteiger partial charge in [0.1, 0.15) is 5.75 Å². The van der Waals surface area contributed by atoms with E-state index in [0.717, 1.165) is 59.5 Å². The second-order valence-electron chi connectivity index (χ2n) is 9.75. The van der Waals surface area contributed by atoms with Crippen LogP contribution in [0.25, 0.3) is 10.9 Å². The quantitative estimate of drug-likeness (QED) is 0.348. The highest BCUT2D eigenvalue weighted by Crippen LogP contribution is 2.28. The summed E-state index contributed by atoms with van der Waals surface area (Å²) in [7, 11) is 1.66. The van der Waals surface area contributed by atoms with E-state index in [-0.39, 0.29) is 17.7 Å². The molecule has 0 spiro atoms. The zero-order valence-corrected chi connectivity index (χ0v) is 21.7. The maximum atomic E-state index is 13.1. The highest BCUT2D eigenvalue weighted by atomic mass is 16.5. The van der Waals surface area contributed by atoms with Crippen LogP contribution in [-0.4, -0.2) is 49.9 Å². The molecule has 1 N–H and O–H groups in total. The van der Waals surface area contributed by atoms with Crippen LogP contribution < -0.4 is 10.3 Å². The summed E-state index contributed by atoms with van der Waals surface area (Å²) in [6, 6.07) is 16.0. The number of nitrogens with one attached hydrogen (secondary N) is 1. The number of nitrogens with zero attached hydrogens (tertiary/aromatic N) is 5. The minimum absolute atomic E-state index is 0.0788. The van der Waals surface area contributed by atoms with Gasteiger partial charge >= 0.3 is 0 Å².